The molecule has 0 radical (unpaired) electrons. The lowest BCUT2D eigenvalue weighted by molar-refractivity contribution is 0.664. The van der Waals surface area contributed by atoms with Crippen molar-refractivity contribution in [2.75, 3.05) is 4.90 Å². The Morgan fingerprint density at radius 2 is 1.35 bits per heavy atom. The zero-order valence-corrected chi connectivity index (χ0v) is 34.3. The van der Waals surface area contributed by atoms with Crippen LogP contribution in [0.3, 0.4) is 0 Å². The van der Waals surface area contributed by atoms with Crippen molar-refractivity contribution in [2.24, 2.45) is 0 Å². The first-order valence-electron chi connectivity index (χ1n) is 21.0. The Labute approximate surface area is 353 Å². The highest BCUT2D eigenvalue weighted by molar-refractivity contribution is 6.23. The molecule has 3 nitrogen and oxygen atoms in total. The Morgan fingerprint density at radius 1 is 0.667 bits per heavy atom. The first-order valence-corrected chi connectivity index (χ1v) is 21.0. The van der Waals surface area contributed by atoms with Gasteiger partial charge >= 0.3 is 0 Å². The van der Waals surface area contributed by atoms with Gasteiger partial charge in [0.15, 0.2) is 0 Å². The summed E-state index contributed by atoms with van der Waals surface area (Å²) in [5.41, 5.74) is 18.2. The summed E-state index contributed by atoms with van der Waals surface area (Å²) >= 11 is 0. The third-order valence-corrected chi connectivity index (χ3v) is 12.3. The van der Waals surface area contributed by atoms with Crippen LogP contribution in [0.2, 0.25) is 0 Å². The second-order valence-electron chi connectivity index (χ2n) is 16.4. The molecule has 1 aliphatic carbocycles. The molecular formula is C57H47N3. The fraction of sp³-hybridized carbons (Fsp3) is 0.105. The Bertz CT molecular complexity index is 3050. The molecule has 0 fully saturated rings. The predicted octanol–water partition coefficient (Wildman–Crippen LogP) is 15.1. The fourth-order valence-electron chi connectivity index (χ4n) is 9.49. The maximum Gasteiger partial charge on any atom is 0.0712 e. The van der Waals surface area contributed by atoms with Gasteiger partial charge in [0.1, 0.15) is 0 Å². The highest BCUT2D eigenvalue weighted by Crippen LogP contribution is 2.59. The number of para-hydroxylation sites is 2. The molecule has 0 atom stereocenters. The zero-order valence-electron chi connectivity index (χ0n) is 34.3. The lowest BCUT2D eigenvalue weighted by atomic mass is 9.79. The number of hydrogen-bond acceptors (Lipinski definition) is 2. The second-order valence-corrected chi connectivity index (χ2v) is 16.4. The number of unbranched alkanes of at least 4 members (excludes halogenated alkanes) is 1. The SMILES string of the molecule is C=CCC/C=C\Cc1cc(-c2ccccc2)nc(-c2ccc(N3/C=C\C=C/C(=C)c4c5c(c6c(c43)c3ccccc3n6-c3ccccc3)C(C)(C)c3ccccc3-5)cc2)c1. The van der Waals surface area contributed by atoms with Gasteiger partial charge in [-0.25, -0.2) is 4.98 Å². The minimum Gasteiger partial charge on any atom is -0.316 e. The summed E-state index contributed by atoms with van der Waals surface area (Å²) in [6.45, 7) is 13.4. The van der Waals surface area contributed by atoms with Gasteiger partial charge in [-0.2, -0.15) is 0 Å². The number of fused-ring (bicyclic) bond motifs is 10. The standard InChI is InChI=1S/C57H47N3/c1-5-6-7-8-11-23-40-37-48(41-24-12-9-13-25-41)58-49(38-40)42-32-34-43(35-33-42)59-36-21-20-22-39(2)51-52-45-28-16-18-30-47(45)57(3,4)54(52)56-53(55(51)59)46-29-17-19-31-50(46)60(56)44-26-14-10-15-27-44/h5,8-22,24-38H,1-2,6-7,23H2,3-4H3/b11-8-,22-20-,36-21-. The summed E-state index contributed by atoms with van der Waals surface area (Å²) in [4.78, 5) is 7.63. The quantitative estimate of drug-likeness (QED) is 0.108. The Morgan fingerprint density at radius 3 is 2.12 bits per heavy atom. The van der Waals surface area contributed by atoms with Crippen LogP contribution in [-0.4, -0.2) is 9.55 Å². The molecule has 0 unspecified atom stereocenters. The predicted molar refractivity (Wildman–Crippen MR) is 255 cm³/mol. The Hall–Kier alpha value is -7.23. The van der Waals surface area contributed by atoms with Gasteiger partial charge in [-0.1, -0.05) is 154 Å². The van der Waals surface area contributed by atoms with Crippen molar-refractivity contribution >= 4 is 38.8 Å². The molecule has 6 aromatic carbocycles. The van der Waals surface area contributed by atoms with Crippen LogP contribution in [0.1, 0.15) is 48.9 Å². The highest BCUT2D eigenvalue weighted by atomic mass is 15.1. The topological polar surface area (TPSA) is 21.1 Å². The number of nitrogens with zero attached hydrogens (tertiary/aromatic N) is 3. The van der Waals surface area contributed by atoms with E-state index in [1.807, 2.05) is 6.08 Å². The molecule has 1 aliphatic heterocycles. The lowest BCUT2D eigenvalue weighted by Crippen LogP contribution is -2.18. The molecular weight excluding hydrogens is 727 g/mol. The number of hydrogen-bond donors (Lipinski definition) is 0. The number of benzene rings is 6. The minimum absolute atomic E-state index is 0.268. The van der Waals surface area contributed by atoms with Crippen LogP contribution in [0.4, 0.5) is 11.4 Å². The molecule has 3 heteroatoms. The normalized spacial score (nSPS) is 15.1. The average Bonchev–Trinajstić information content (AvgIpc) is 3.74. The van der Waals surface area contributed by atoms with Crippen molar-refractivity contribution in [1.82, 2.24) is 9.55 Å². The minimum atomic E-state index is -0.268. The van der Waals surface area contributed by atoms with Gasteiger partial charge in [0.05, 0.1) is 28.1 Å². The molecule has 0 bridgehead atoms. The van der Waals surface area contributed by atoms with Crippen LogP contribution < -0.4 is 4.90 Å². The molecule has 0 spiro atoms. The van der Waals surface area contributed by atoms with E-state index in [4.69, 9.17) is 11.6 Å². The van der Waals surface area contributed by atoms with E-state index >= 15 is 0 Å². The summed E-state index contributed by atoms with van der Waals surface area (Å²) in [5.74, 6) is 0. The van der Waals surface area contributed by atoms with Gasteiger partial charge in [0.2, 0.25) is 0 Å². The second kappa shape index (κ2) is 15.2. The van der Waals surface area contributed by atoms with Crippen molar-refractivity contribution in [2.45, 2.75) is 38.5 Å². The molecule has 0 saturated heterocycles. The van der Waals surface area contributed by atoms with Gasteiger partial charge in [-0.05, 0) is 101 Å². The third kappa shape index (κ3) is 6.17. The number of pyridine rings is 1. The number of allylic oxidation sites excluding steroid dienone is 7. The van der Waals surface area contributed by atoms with Crippen LogP contribution in [0.25, 0.3) is 66.7 Å². The van der Waals surface area contributed by atoms with Gasteiger partial charge in [-0.15, -0.1) is 6.58 Å². The largest absolute Gasteiger partial charge is 0.316 e. The summed E-state index contributed by atoms with van der Waals surface area (Å²) in [7, 11) is 0. The smallest absolute Gasteiger partial charge is 0.0712 e. The third-order valence-electron chi connectivity index (χ3n) is 12.3. The van der Waals surface area contributed by atoms with E-state index in [2.05, 4.69) is 212 Å². The van der Waals surface area contributed by atoms with Crippen molar-refractivity contribution < 1.29 is 0 Å². The average molecular weight is 774 g/mol. The Balaban J connectivity index is 1.20. The summed E-state index contributed by atoms with van der Waals surface area (Å²) in [6, 6.07) is 52.6. The summed E-state index contributed by atoms with van der Waals surface area (Å²) < 4.78 is 2.50. The number of anilines is 2. The van der Waals surface area contributed by atoms with E-state index < -0.39 is 0 Å². The van der Waals surface area contributed by atoms with Crippen molar-refractivity contribution in [3.8, 4) is 39.3 Å². The Kier molecular flexibility index (Phi) is 9.38. The van der Waals surface area contributed by atoms with E-state index in [0.29, 0.717) is 0 Å². The fourth-order valence-corrected chi connectivity index (χ4v) is 9.49. The molecule has 2 aliphatic rings. The van der Waals surface area contributed by atoms with E-state index in [1.54, 1.807) is 0 Å². The first-order chi connectivity index (χ1) is 29.4. The lowest BCUT2D eigenvalue weighted by Gasteiger charge is -2.31. The first kappa shape index (κ1) is 37.1. The van der Waals surface area contributed by atoms with E-state index in [9.17, 15) is 0 Å². The van der Waals surface area contributed by atoms with Crippen LogP contribution in [0.5, 0.6) is 0 Å². The molecule has 60 heavy (non-hydrogen) atoms. The molecule has 2 aromatic heterocycles. The molecule has 3 heterocycles. The van der Waals surface area contributed by atoms with Gasteiger partial charge in [-0.3, -0.25) is 0 Å². The summed E-state index contributed by atoms with van der Waals surface area (Å²) in [6.07, 6.45) is 17.9. The molecule has 0 amide bonds. The molecule has 0 saturated carbocycles. The highest BCUT2D eigenvalue weighted by Gasteiger charge is 2.42. The van der Waals surface area contributed by atoms with Crippen LogP contribution in [-0.2, 0) is 11.8 Å². The van der Waals surface area contributed by atoms with E-state index in [1.165, 1.54) is 55.2 Å². The molecule has 0 N–H and O–H groups in total. The van der Waals surface area contributed by atoms with Crippen LogP contribution in [0.15, 0.2) is 201 Å². The van der Waals surface area contributed by atoms with Crippen LogP contribution >= 0.6 is 0 Å². The maximum absolute atomic E-state index is 5.24. The van der Waals surface area contributed by atoms with Gasteiger partial charge in [0.25, 0.3) is 0 Å². The molecule has 8 aromatic rings. The van der Waals surface area contributed by atoms with E-state index in [-0.39, 0.29) is 5.41 Å². The van der Waals surface area contributed by atoms with Gasteiger partial charge in [0, 0.05) is 50.5 Å². The molecule has 10 rings (SSSR count). The number of rotatable bonds is 9. The van der Waals surface area contributed by atoms with Crippen LogP contribution in [0, 0.1) is 0 Å². The summed E-state index contributed by atoms with van der Waals surface area (Å²) in [5, 5.41) is 2.43. The van der Waals surface area contributed by atoms with Crippen molar-refractivity contribution in [1.29, 1.82) is 0 Å². The van der Waals surface area contributed by atoms with Crippen molar-refractivity contribution in [3.05, 3.63) is 224 Å². The maximum atomic E-state index is 5.24. The van der Waals surface area contributed by atoms with Gasteiger partial charge < -0.3 is 9.47 Å². The van der Waals surface area contributed by atoms with E-state index in [0.717, 1.165) is 64.4 Å². The van der Waals surface area contributed by atoms with Crippen molar-refractivity contribution in [3.63, 3.8) is 0 Å². The molecule has 290 valence electrons. The number of aromatic nitrogens is 2. The zero-order chi connectivity index (χ0) is 40.8. The monoisotopic (exact) mass is 773 g/mol.